The largest absolute Gasteiger partial charge is 0.398 e. The summed E-state index contributed by atoms with van der Waals surface area (Å²) in [7, 11) is 0. The standard InChI is InChI=1S/C60H54N4/c1-37-29-47(33-51(57(37)61)41-17-9-5-10-18-41)55(48-30-38(2)58(62)52(34-48)42-19-11-6-12-20-42)45-25-27-46(28-26-45)56(49-31-39(3)59(63)53(35-49)43-21-13-7-14-22-43)50-32-40(4)60(64)54(36-50)44-23-15-8-16-24-44/h5-36,55-56H,61-64H2,1-4H3. The Morgan fingerprint density at radius 2 is 0.453 bits per heavy atom. The Kier molecular flexibility index (Phi) is 11.4. The number of nitrogen functional groups attached to an aromatic ring is 4. The second kappa shape index (κ2) is 17.5. The molecule has 4 heteroatoms. The molecule has 9 rings (SSSR count). The van der Waals surface area contributed by atoms with Crippen molar-refractivity contribution in [2.45, 2.75) is 39.5 Å². The molecule has 9 aromatic carbocycles. The molecule has 0 saturated heterocycles. The number of rotatable bonds is 10. The van der Waals surface area contributed by atoms with E-state index in [4.69, 9.17) is 22.9 Å². The Hall–Kier alpha value is -7.82. The summed E-state index contributed by atoms with van der Waals surface area (Å²) in [5.41, 5.74) is 50.1. The molecule has 0 amide bonds. The summed E-state index contributed by atoms with van der Waals surface area (Å²) in [5, 5.41) is 0. The second-order valence-electron chi connectivity index (χ2n) is 17.2. The Morgan fingerprint density at radius 3 is 0.656 bits per heavy atom. The Morgan fingerprint density at radius 1 is 0.250 bits per heavy atom. The first kappa shape index (κ1) is 41.5. The van der Waals surface area contributed by atoms with Crippen molar-refractivity contribution >= 4 is 22.7 Å². The number of benzene rings is 9. The van der Waals surface area contributed by atoms with Crippen LogP contribution in [0.25, 0.3) is 44.5 Å². The highest BCUT2D eigenvalue weighted by Gasteiger charge is 2.25. The predicted octanol–water partition coefficient (Wildman–Crippen LogP) is 14.3. The van der Waals surface area contributed by atoms with Gasteiger partial charge in [-0.3, -0.25) is 0 Å². The van der Waals surface area contributed by atoms with Crippen LogP contribution in [0.2, 0.25) is 0 Å². The van der Waals surface area contributed by atoms with Gasteiger partial charge in [0.15, 0.2) is 0 Å². The van der Waals surface area contributed by atoms with Crippen molar-refractivity contribution in [2.75, 3.05) is 22.9 Å². The average Bonchev–Trinajstić information content (AvgIpc) is 3.32. The Bertz CT molecular complexity index is 2700. The lowest BCUT2D eigenvalue weighted by Gasteiger charge is -2.26. The van der Waals surface area contributed by atoms with Crippen LogP contribution < -0.4 is 22.9 Å². The summed E-state index contributed by atoms with van der Waals surface area (Å²) in [5.74, 6) is -0.272. The molecule has 0 spiro atoms. The van der Waals surface area contributed by atoms with Crippen LogP contribution in [-0.2, 0) is 0 Å². The van der Waals surface area contributed by atoms with Gasteiger partial charge in [-0.05, 0) is 130 Å². The predicted molar refractivity (Wildman–Crippen MR) is 272 cm³/mol. The SMILES string of the molecule is Cc1cc(C(c2ccc(C(c3cc(C)c(N)c(-c4ccccc4)c3)c3cc(C)c(N)c(-c4ccccc4)c3)cc2)c2cc(C)c(N)c(-c3ccccc3)c2)cc(-c2ccccc2)c1N. The quantitative estimate of drug-likeness (QED) is 0.0814. The number of nitrogens with two attached hydrogens (primary N) is 4. The van der Waals surface area contributed by atoms with Crippen molar-refractivity contribution in [1.82, 2.24) is 0 Å². The van der Waals surface area contributed by atoms with E-state index >= 15 is 0 Å². The molecule has 8 N–H and O–H groups in total. The maximum atomic E-state index is 6.87. The molecule has 0 aliphatic carbocycles. The van der Waals surface area contributed by atoms with Crippen molar-refractivity contribution in [2.24, 2.45) is 0 Å². The molecule has 0 fully saturated rings. The normalized spacial score (nSPS) is 11.3. The Labute approximate surface area is 377 Å². The van der Waals surface area contributed by atoms with E-state index in [1.165, 1.54) is 0 Å². The van der Waals surface area contributed by atoms with E-state index in [1.54, 1.807) is 0 Å². The van der Waals surface area contributed by atoms with Crippen LogP contribution in [0.15, 0.2) is 194 Å². The van der Waals surface area contributed by atoms with Gasteiger partial charge in [0.25, 0.3) is 0 Å². The summed E-state index contributed by atoms with van der Waals surface area (Å²) < 4.78 is 0. The summed E-state index contributed by atoms with van der Waals surface area (Å²) in [6.07, 6.45) is 0. The number of hydrogen-bond acceptors (Lipinski definition) is 4. The second-order valence-corrected chi connectivity index (χ2v) is 17.2. The van der Waals surface area contributed by atoms with E-state index in [9.17, 15) is 0 Å². The highest BCUT2D eigenvalue weighted by molar-refractivity contribution is 5.84. The van der Waals surface area contributed by atoms with E-state index in [0.717, 1.165) is 123 Å². The third-order valence-corrected chi connectivity index (χ3v) is 12.9. The van der Waals surface area contributed by atoms with Crippen LogP contribution in [0.5, 0.6) is 0 Å². The molecule has 0 aliphatic heterocycles. The fourth-order valence-electron chi connectivity index (χ4n) is 9.43. The third-order valence-electron chi connectivity index (χ3n) is 12.9. The monoisotopic (exact) mass is 830 g/mol. The van der Waals surface area contributed by atoms with Gasteiger partial charge in [-0.2, -0.15) is 0 Å². The van der Waals surface area contributed by atoms with Crippen LogP contribution in [0.4, 0.5) is 22.7 Å². The van der Waals surface area contributed by atoms with Crippen molar-refractivity contribution in [3.8, 4) is 44.5 Å². The minimum absolute atomic E-state index is 0.136. The van der Waals surface area contributed by atoms with Crippen LogP contribution >= 0.6 is 0 Å². The first-order chi connectivity index (χ1) is 31.0. The summed E-state index contributed by atoms with van der Waals surface area (Å²) in [6.45, 7) is 8.43. The smallest absolute Gasteiger partial charge is 0.0423 e. The van der Waals surface area contributed by atoms with Crippen LogP contribution in [0, 0.1) is 27.7 Å². The molecule has 0 saturated carbocycles. The van der Waals surface area contributed by atoms with E-state index in [2.05, 4.69) is 198 Å². The van der Waals surface area contributed by atoms with Gasteiger partial charge in [0, 0.05) is 56.8 Å². The highest BCUT2D eigenvalue weighted by Crippen LogP contribution is 2.44. The van der Waals surface area contributed by atoms with Crippen molar-refractivity contribution in [1.29, 1.82) is 0 Å². The first-order valence-electron chi connectivity index (χ1n) is 22.0. The molecule has 4 nitrogen and oxygen atoms in total. The minimum atomic E-state index is -0.136. The molecular formula is C60H54N4. The van der Waals surface area contributed by atoms with Crippen LogP contribution in [0.3, 0.4) is 0 Å². The van der Waals surface area contributed by atoms with E-state index < -0.39 is 0 Å². The Balaban J connectivity index is 1.25. The zero-order valence-corrected chi connectivity index (χ0v) is 36.9. The van der Waals surface area contributed by atoms with Crippen molar-refractivity contribution in [3.05, 3.63) is 250 Å². The van der Waals surface area contributed by atoms with Crippen LogP contribution in [0.1, 0.15) is 67.5 Å². The molecular weight excluding hydrogens is 777 g/mol. The zero-order chi connectivity index (χ0) is 44.5. The molecule has 0 radical (unpaired) electrons. The van der Waals surface area contributed by atoms with Crippen LogP contribution in [-0.4, -0.2) is 0 Å². The molecule has 0 heterocycles. The molecule has 0 aliphatic rings. The van der Waals surface area contributed by atoms with E-state index in [0.29, 0.717) is 0 Å². The number of anilines is 4. The molecule has 314 valence electrons. The topological polar surface area (TPSA) is 104 Å². The third kappa shape index (κ3) is 8.03. The highest BCUT2D eigenvalue weighted by atomic mass is 14.6. The zero-order valence-electron chi connectivity index (χ0n) is 36.9. The van der Waals surface area contributed by atoms with Gasteiger partial charge in [0.2, 0.25) is 0 Å². The molecule has 9 aromatic rings. The lowest BCUT2D eigenvalue weighted by Crippen LogP contribution is -2.10. The van der Waals surface area contributed by atoms with Gasteiger partial charge in [0.05, 0.1) is 0 Å². The number of aryl methyl sites for hydroxylation is 4. The van der Waals surface area contributed by atoms with E-state index in [-0.39, 0.29) is 11.8 Å². The van der Waals surface area contributed by atoms with E-state index in [1.807, 2.05) is 24.3 Å². The van der Waals surface area contributed by atoms with Gasteiger partial charge in [-0.25, -0.2) is 0 Å². The average molecular weight is 831 g/mol. The first-order valence-corrected chi connectivity index (χ1v) is 22.0. The van der Waals surface area contributed by atoms with Gasteiger partial charge in [-0.15, -0.1) is 0 Å². The molecule has 64 heavy (non-hydrogen) atoms. The summed E-state index contributed by atoms with van der Waals surface area (Å²) in [4.78, 5) is 0. The van der Waals surface area contributed by atoms with Gasteiger partial charge in [0.1, 0.15) is 0 Å². The fraction of sp³-hybridized carbons (Fsp3) is 0.100. The lowest BCUT2D eigenvalue weighted by atomic mass is 9.78. The van der Waals surface area contributed by atoms with Gasteiger partial charge in [-0.1, -0.05) is 170 Å². The van der Waals surface area contributed by atoms with Gasteiger partial charge < -0.3 is 22.9 Å². The summed E-state index contributed by atoms with van der Waals surface area (Å²) in [6, 6.07) is 69.0. The molecule has 0 bridgehead atoms. The molecule has 0 aromatic heterocycles. The van der Waals surface area contributed by atoms with Crippen molar-refractivity contribution < 1.29 is 0 Å². The van der Waals surface area contributed by atoms with Crippen molar-refractivity contribution in [3.63, 3.8) is 0 Å². The maximum Gasteiger partial charge on any atom is 0.0423 e. The molecule has 0 unspecified atom stereocenters. The summed E-state index contributed by atoms with van der Waals surface area (Å²) >= 11 is 0. The van der Waals surface area contributed by atoms with Gasteiger partial charge >= 0.3 is 0 Å². The molecule has 0 atom stereocenters. The minimum Gasteiger partial charge on any atom is -0.398 e. The number of hydrogen-bond donors (Lipinski definition) is 4. The maximum absolute atomic E-state index is 6.87. The lowest BCUT2D eigenvalue weighted by molar-refractivity contribution is 0.948. The fourth-order valence-corrected chi connectivity index (χ4v) is 9.43.